The molecule has 30 aromatic rings. The highest BCUT2D eigenvalue weighted by Gasteiger charge is 2.26. The molecule has 9 heterocycles. The average Bonchev–Trinajstić information content (AvgIpc) is 1.56. The summed E-state index contributed by atoms with van der Waals surface area (Å²) in [5.74, 6) is 0. The zero-order valence-corrected chi connectivity index (χ0v) is 75.0. The Bertz CT molecular complexity index is 10100. The van der Waals surface area contributed by atoms with E-state index in [0.29, 0.717) is 0 Å². The van der Waals surface area contributed by atoms with Crippen molar-refractivity contribution >= 4 is 226 Å². The van der Waals surface area contributed by atoms with E-state index < -0.39 is 0 Å². The lowest BCUT2D eigenvalue weighted by molar-refractivity contribution is 0.672. The summed E-state index contributed by atoms with van der Waals surface area (Å²) in [5.41, 5.74) is 30.1. The first-order valence-electron chi connectivity index (χ1n) is 45.8. The molecule has 630 valence electrons. The second kappa shape index (κ2) is 30.9. The smallest absolute Gasteiger partial charge is 0.161 e. The van der Waals surface area contributed by atoms with E-state index in [1.807, 2.05) is 34.0 Å². The summed E-state index contributed by atoms with van der Waals surface area (Å²) in [6.07, 6.45) is 0. The fourth-order valence-corrected chi connectivity index (χ4v) is 24.8. The SMILES string of the molecule is c1ccc(-n2c3ccccc3c3oc4cc(-c5ccc(-c6ccc7c(c6)sc6cc8ccccc8cc67)cc5)ccc4c32)cc1.c1ccc(-n2c3ccccc3c3oc4cc(-c5ccc(-c6ccc7c(c6)sc6ccc8ccccc8c67)cc5)ccc4c32)cc1.c1ccc(-n2c3ccccc3c3oc4ccc(-c5ccc(-c6cccc7sc8c9ccccc9ccc8c67)cc5)cc4c32)cc1. The van der Waals surface area contributed by atoms with Crippen molar-refractivity contribution in [1.29, 1.82) is 0 Å². The van der Waals surface area contributed by atoms with Crippen molar-refractivity contribution in [3.8, 4) is 83.8 Å². The molecule has 0 spiro atoms. The summed E-state index contributed by atoms with van der Waals surface area (Å²) in [7, 11) is 0. The normalized spacial score (nSPS) is 12.0. The van der Waals surface area contributed by atoms with Crippen LogP contribution >= 0.6 is 34.0 Å². The highest BCUT2D eigenvalue weighted by molar-refractivity contribution is 7.27. The van der Waals surface area contributed by atoms with Crippen LogP contribution in [0.5, 0.6) is 0 Å². The van der Waals surface area contributed by atoms with Crippen molar-refractivity contribution in [3.05, 3.63) is 455 Å². The molecular formula is C126H75N3O3S3. The fraction of sp³-hybridized carbons (Fsp3) is 0. The number of hydrogen-bond donors (Lipinski definition) is 0. The lowest BCUT2D eigenvalue weighted by Crippen LogP contribution is -1.92. The van der Waals surface area contributed by atoms with E-state index in [1.165, 1.54) is 148 Å². The minimum absolute atomic E-state index is 0.902. The third-order valence-electron chi connectivity index (χ3n) is 27.6. The largest absolute Gasteiger partial charge is 0.454 e. The molecule has 0 radical (unpaired) electrons. The van der Waals surface area contributed by atoms with Gasteiger partial charge in [0, 0.05) is 110 Å². The van der Waals surface area contributed by atoms with Gasteiger partial charge in [-0.25, -0.2) is 0 Å². The Hall–Kier alpha value is -16.9. The van der Waals surface area contributed by atoms with Crippen LogP contribution in [0.15, 0.2) is 468 Å². The lowest BCUT2D eigenvalue weighted by atomic mass is 9.96. The minimum Gasteiger partial charge on any atom is -0.454 e. The van der Waals surface area contributed by atoms with Crippen LogP contribution in [0, 0.1) is 0 Å². The van der Waals surface area contributed by atoms with Crippen molar-refractivity contribution < 1.29 is 13.3 Å². The summed E-state index contributed by atoms with van der Waals surface area (Å²) >= 11 is 5.65. The molecule has 0 aliphatic carbocycles. The van der Waals surface area contributed by atoms with E-state index in [4.69, 9.17) is 13.3 Å². The number of hydrogen-bond acceptors (Lipinski definition) is 6. The molecule has 0 aliphatic heterocycles. The number of thiophene rings is 3. The van der Waals surface area contributed by atoms with Gasteiger partial charge in [-0.05, 0) is 245 Å². The molecule has 0 amide bonds. The van der Waals surface area contributed by atoms with Crippen LogP contribution in [0.1, 0.15) is 0 Å². The van der Waals surface area contributed by atoms with Crippen LogP contribution in [-0.4, -0.2) is 13.7 Å². The molecule has 0 atom stereocenters. The first-order chi connectivity index (χ1) is 66.9. The van der Waals surface area contributed by atoms with E-state index in [0.717, 1.165) is 127 Å². The Morgan fingerprint density at radius 2 is 0.533 bits per heavy atom. The molecule has 6 nitrogen and oxygen atoms in total. The van der Waals surface area contributed by atoms with E-state index >= 15 is 0 Å². The molecule has 0 unspecified atom stereocenters. The van der Waals surface area contributed by atoms with Gasteiger partial charge < -0.3 is 27.0 Å². The molecule has 0 saturated heterocycles. The van der Waals surface area contributed by atoms with Gasteiger partial charge in [-0.2, -0.15) is 0 Å². The van der Waals surface area contributed by atoms with Crippen molar-refractivity contribution in [2.75, 3.05) is 0 Å². The number of nitrogens with zero attached hydrogens (tertiary/aromatic N) is 3. The van der Waals surface area contributed by atoms with Crippen molar-refractivity contribution in [2.45, 2.75) is 0 Å². The monoisotopic (exact) mass is 1770 g/mol. The third kappa shape index (κ3) is 12.5. The van der Waals surface area contributed by atoms with Crippen LogP contribution in [0.4, 0.5) is 0 Å². The van der Waals surface area contributed by atoms with Crippen LogP contribution < -0.4 is 0 Å². The summed E-state index contributed by atoms with van der Waals surface area (Å²) in [6.45, 7) is 0. The zero-order valence-electron chi connectivity index (χ0n) is 72.6. The molecule has 0 bridgehead atoms. The van der Waals surface area contributed by atoms with Gasteiger partial charge in [-0.15, -0.1) is 34.0 Å². The van der Waals surface area contributed by atoms with Crippen molar-refractivity contribution in [1.82, 2.24) is 13.7 Å². The molecule has 30 rings (SSSR count). The number of furan rings is 3. The minimum atomic E-state index is 0.902. The Morgan fingerprint density at radius 3 is 1.07 bits per heavy atom. The number of para-hydroxylation sites is 6. The summed E-state index contributed by atoms with van der Waals surface area (Å²) < 4.78 is 34.7. The van der Waals surface area contributed by atoms with Crippen LogP contribution in [-0.2, 0) is 0 Å². The third-order valence-corrected chi connectivity index (χ3v) is 31.0. The first kappa shape index (κ1) is 76.9. The topological polar surface area (TPSA) is 54.2 Å². The first-order valence-corrected chi connectivity index (χ1v) is 48.2. The molecule has 0 saturated carbocycles. The number of benzene rings is 21. The van der Waals surface area contributed by atoms with Crippen LogP contribution in [0.2, 0.25) is 0 Å². The van der Waals surface area contributed by atoms with Gasteiger partial charge in [0.15, 0.2) is 16.7 Å². The average molecular weight is 1780 g/mol. The number of rotatable bonds is 9. The predicted octanol–water partition coefficient (Wildman–Crippen LogP) is 37.2. The van der Waals surface area contributed by atoms with Gasteiger partial charge in [-0.3, -0.25) is 0 Å². The fourth-order valence-electron chi connectivity index (χ4n) is 21.2. The standard InChI is InChI=1S/3C42H25NOS/c1-2-10-30(11-3-1)43-36-15-7-6-13-33(36)41-40(43)35-25-29(22-24-37(35)44-41)26-17-19-28(20-18-26)31-14-8-16-38-39(31)34-23-21-27-9-4-5-12-32(27)42(34)45-38;1-2-10-32(11-3-1)43-37-13-7-6-12-34(37)42-41(43)35-21-19-30(23-38(35)44-42)26-14-16-27(17-15-26)31-18-20-33-36-22-28-8-4-5-9-29(28)24-40(36)45-39(33)25-31;1-2-9-31(10-3-1)43-36-13-7-6-12-33(36)42-41(43)34-21-18-29(24-37(34)44-42)26-14-16-27(17-15-26)30-19-22-35-39(25-30)45-38-23-20-28-8-4-5-11-32(28)40(35)38/h3*1-25H. The van der Waals surface area contributed by atoms with E-state index in [9.17, 15) is 0 Å². The van der Waals surface area contributed by atoms with Gasteiger partial charge in [0.1, 0.15) is 33.3 Å². The second-order valence-electron chi connectivity index (χ2n) is 35.2. The van der Waals surface area contributed by atoms with Crippen LogP contribution in [0.3, 0.4) is 0 Å². The summed E-state index contributed by atoms with van der Waals surface area (Å²) in [5, 5.41) is 22.6. The van der Waals surface area contributed by atoms with Gasteiger partial charge in [-0.1, -0.05) is 309 Å². The summed E-state index contributed by atoms with van der Waals surface area (Å²) in [4.78, 5) is 0. The quantitative estimate of drug-likeness (QED) is 0.145. The number of aromatic nitrogens is 3. The molecule has 21 aromatic carbocycles. The Labute approximate surface area is 785 Å². The zero-order chi connectivity index (χ0) is 88.5. The Balaban J connectivity index is 0.000000101. The van der Waals surface area contributed by atoms with E-state index in [-0.39, 0.29) is 0 Å². The molecule has 9 aromatic heterocycles. The molecular weight excluding hydrogens is 1700 g/mol. The highest BCUT2D eigenvalue weighted by Crippen LogP contribution is 2.50. The summed E-state index contributed by atoms with van der Waals surface area (Å²) in [6, 6.07) is 164. The van der Waals surface area contributed by atoms with Gasteiger partial charge in [0.05, 0.1) is 16.6 Å². The maximum absolute atomic E-state index is 6.60. The van der Waals surface area contributed by atoms with E-state index in [1.54, 1.807) is 0 Å². The van der Waals surface area contributed by atoms with Gasteiger partial charge in [0.2, 0.25) is 0 Å². The molecule has 0 aliphatic rings. The predicted molar refractivity (Wildman–Crippen MR) is 575 cm³/mol. The van der Waals surface area contributed by atoms with Crippen LogP contribution in [0.25, 0.3) is 276 Å². The maximum atomic E-state index is 6.60. The van der Waals surface area contributed by atoms with Gasteiger partial charge in [0.25, 0.3) is 0 Å². The molecule has 0 fully saturated rings. The van der Waals surface area contributed by atoms with Crippen molar-refractivity contribution in [3.63, 3.8) is 0 Å². The van der Waals surface area contributed by atoms with E-state index in [2.05, 4.69) is 469 Å². The second-order valence-corrected chi connectivity index (χ2v) is 38.4. The maximum Gasteiger partial charge on any atom is 0.161 e. The lowest BCUT2D eigenvalue weighted by Gasteiger charge is -2.09. The number of fused-ring (bicyclic) bond motifs is 29. The Morgan fingerprint density at radius 1 is 0.170 bits per heavy atom. The Kier molecular flexibility index (Phi) is 17.6. The van der Waals surface area contributed by atoms with Crippen molar-refractivity contribution in [2.24, 2.45) is 0 Å². The van der Waals surface area contributed by atoms with Gasteiger partial charge >= 0.3 is 0 Å². The molecule has 135 heavy (non-hydrogen) atoms. The molecule has 0 N–H and O–H groups in total. The highest BCUT2D eigenvalue weighted by atomic mass is 32.1. The molecule has 9 heteroatoms.